The smallest absolute Gasteiger partial charge is 0.280 e. The van der Waals surface area contributed by atoms with Gasteiger partial charge in [-0.3, -0.25) is 14.2 Å². The van der Waals surface area contributed by atoms with Gasteiger partial charge in [-0.1, -0.05) is 0 Å². The number of benzene rings is 1. The van der Waals surface area contributed by atoms with E-state index in [1.165, 1.54) is 42.7 Å². The van der Waals surface area contributed by atoms with Crippen LogP contribution in [0.15, 0.2) is 61.3 Å². The first-order valence-electron chi connectivity index (χ1n) is 10.7. The summed E-state index contributed by atoms with van der Waals surface area (Å²) in [6.45, 7) is 3.21. The van der Waals surface area contributed by atoms with Crippen LogP contribution in [-0.4, -0.2) is 40.1 Å². The highest BCUT2D eigenvalue weighted by Crippen LogP contribution is 2.27. The van der Waals surface area contributed by atoms with Gasteiger partial charge in [-0.25, -0.2) is 22.7 Å². The Bertz CT molecular complexity index is 1500. The molecule has 4 heterocycles. The Kier molecular flexibility index (Phi) is 5.77. The molecule has 178 valence electrons. The molecule has 1 amide bonds. The highest BCUT2D eigenvalue weighted by atomic mass is 19.3. The van der Waals surface area contributed by atoms with Crippen molar-refractivity contribution in [1.82, 2.24) is 34.2 Å². The topological polar surface area (TPSA) is 94.9 Å². The largest absolute Gasteiger partial charge is 0.319 e. The molecule has 0 spiro atoms. The van der Waals surface area contributed by atoms with Crippen LogP contribution in [0.25, 0.3) is 16.9 Å². The van der Waals surface area contributed by atoms with Gasteiger partial charge in [0.25, 0.3) is 12.3 Å². The molecule has 5 aromatic rings. The molecule has 0 saturated heterocycles. The molecular formula is C23H19F3N8O. The lowest BCUT2D eigenvalue weighted by Gasteiger charge is -2.08. The molecule has 1 aromatic carbocycles. The summed E-state index contributed by atoms with van der Waals surface area (Å²) >= 11 is 0. The van der Waals surface area contributed by atoms with Crippen molar-refractivity contribution in [2.45, 2.75) is 26.4 Å². The van der Waals surface area contributed by atoms with Crippen LogP contribution < -0.4 is 5.32 Å². The van der Waals surface area contributed by atoms with Gasteiger partial charge < -0.3 is 5.32 Å². The molecule has 0 atom stereocenters. The molecule has 5 rings (SSSR count). The number of amides is 1. The lowest BCUT2D eigenvalue weighted by molar-refractivity contribution is 0.102. The normalized spacial score (nSPS) is 11.5. The van der Waals surface area contributed by atoms with Crippen molar-refractivity contribution in [3.63, 3.8) is 0 Å². The molecule has 0 unspecified atom stereocenters. The summed E-state index contributed by atoms with van der Waals surface area (Å²) in [5.74, 6) is -1.05. The maximum absolute atomic E-state index is 13.8. The van der Waals surface area contributed by atoms with Crippen molar-refractivity contribution >= 4 is 17.2 Å². The number of aryl methyl sites for hydroxylation is 1. The molecule has 0 radical (unpaired) electrons. The fourth-order valence-electron chi connectivity index (χ4n) is 3.63. The number of rotatable bonds is 7. The van der Waals surface area contributed by atoms with Crippen LogP contribution in [-0.2, 0) is 13.1 Å². The zero-order valence-corrected chi connectivity index (χ0v) is 18.4. The molecule has 9 nitrogen and oxygen atoms in total. The Labute approximate surface area is 196 Å². The number of aromatic nitrogens is 7. The molecular weight excluding hydrogens is 461 g/mol. The Balaban J connectivity index is 1.43. The summed E-state index contributed by atoms with van der Waals surface area (Å²) in [6, 6.07) is 6.44. The van der Waals surface area contributed by atoms with E-state index in [-0.39, 0.29) is 16.9 Å². The molecule has 35 heavy (non-hydrogen) atoms. The van der Waals surface area contributed by atoms with E-state index < -0.39 is 23.8 Å². The van der Waals surface area contributed by atoms with E-state index >= 15 is 0 Å². The van der Waals surface area contributed by atoms with Crippen LogP contribution >= 0.6 is 0 Å². The summed E-state index contributed by atoms with van der Waals surface area (Å²) in [4.78, 5) is 17.3. The zero-order chi connectivity index (χ0) is 24.5. The fraction of sp³-hybridized carbons (Fsp3) is 0.174. The van der Waals surface area contributed by atoms with Gasteiger partial charge in [-0.15, -0.1) is 0 Å². The summed E-state index contributed by atoms with van der Waals surface area (Å²) in [5, 5.41) is 15.1. The van der Waals surface area contributed by atoms with Crippen molar-refractivity contribution in [2.75, 3.05) is 5.32 Å². The molecule has 0 fully saturated rings. The maximum atomic E-state index is 13.8. The monoisotopic (exact) mass is 480 g/mol. The lowest BCUT2D eigenvalue weighted by atomic mass is 10.1. The second-order valence-corrected chi connectivity index (χ2v) is 7.75. The van der Waals surface area contributed by atoms with Gasteiger partial charge >= 0.3 is 0 Å². The maximum Gasteiger partial charge on any atom is 0.280 e. The Morgan fingerprint density at radius 3 is 2.51 bits per heavy atom. The predicted molar refractivity (Wildman–Crippen MR) is 121 cm³/mol. The number of alkyl halides is 2. The molecule has 0 saturated carbocycles. The molecule has 0 aliphatic rings. The minimum absolute atomic E-state index is 0.00725. The third kappa shape index (κ3) is 4.50. The number of fused-ring (bicyclic) bond motifs is 1. The highest BCUT2D eigenvalue weighted by molar-refractivity contribution is 6.08. The molecule has 0 bridgehead atoms. The van der Waals surface area contributed by atoms with Gasteiger partial charge in [0.1, 0.15) is 17.1 Å². The quantitative estimate of drug-likeness (QED) is 0.377. The summed E-state index contributed by atoms with van der Waals surface area (Å²) in [5.41, 5.74) is 1.49. The number of halogens is 3. The minimum Gasteiger partial charge on any atom is -0.319 e. The minimum atomic E-state index is -2.87. The van der Waals surface area contributed by atoms with E-state index in [0.29, 0.717) is 17.8 Å². The number of nitrogens with one attached hydrogen (secondary N) is 1. The van der Waals surface area contributed by atoms with Crippen LogP contribution in [0, 0.1) is 5.82 Å². The number of nitrogens with zero attached hydrogens (tertiary/aromatic N) is 7. The van der Waals surface area contributed by atoms with E-state index in [0.717, 1.165) is 16.6 Å². The van der Waals surface area contributed by atoms with Crippen molar-refractivity contribution in [3.8, 4) is 11.3 Å². The van der Waals surface area contributed by atoms with Crippen molar-refractivity contribution in [2.24, 2.45) is 0 Å². The van der Waals surface area contributed by atoms with Crippen molar-refractivity contribution in [3.05, 3.63) is 84.0 Å². The van der Waals surface area contributed by atoms with E-state index in [1.54, 1.807) is 21.8 Å². The predicted octanol–water partition coefficient (Wildman–Crippen LogP) is 4.19. The third-order valence-corrected chi connectivity index (χ3v) is 5.35. The van der Waals surface area contributed by atoms with E-state index in [2.05, 4.69) is 25.6 Å². The standard InChI is InChI=1S/C23H19F3N8O/c1-2-32-11-14(8-27-32)12-33-13-17(9-28-33)30-23(35)18-10-29-34-20(21(25)26)7-19(31-22(18)34)15-3-5-16(24)6-4-15/h3-11,13,21H,2,12H2,1H3,(H,30,35). The van der Waals surface area contributed by atoms with E-state index in [9.17, 15) is 18.0 Å². The van der Waals surface area contributed by atoms with E-state index in [4.69, 9.17) is 0 Å². The number of carbonyl (C=O) groups is 1. The molecule has 12 heteroatoms. The zero-order valence-electron chi connectivity index (χ0n) is 18.4. The Morgan fingerprint density at radius 1 is 1.03 bits per heavy atom. The summed E-state index contributed by atoms with van der Waals surface area (Å²) in [7, 11) is 0. The summed E-state index contributed by atoms with van der Waals surface area (Å²) in [6.07, 6.45) is 5.09. The average Bonchev–Trinajstić information content (AvgIpc) is 3.59. The summed E-state index contributed by atoms with van der Waals surface area (Å²) < 4.78 is 45.2. The SMILES string of the molecule is CCn1cc(Cn2cc(NC(=O)c3cnn4c(C(F)F)cc(-c5ccc(F)cc5)nc34)cn2)cn1. The number of hydrogen-bond donors (Lipinski definition) is 1. The van der Waals surface area contributed by atoms with Crippen LogP contribution in [0.5, 0.6) is 0 Å². The first-order chi connectivity index (χ1) is 16.9. The third-order valence-electron chi connectivity index (χ3n) is 5.35. The van der Waals surface area contributed by atoms with Crippen LogP contribution in [0.1, 0.15) is 35.0 Å². The second kappa shape index (κ2) is 9.05. The van der Waals surface area contributed by atoms with E-state index in [1.807, 2.05) is 13.1 Å². The van der Waals surface area contributed by atoms with Gasteiger partial charge in [0.05, 0.1) is 36.5 Å². The van der Waals surface area contributed by atoms with Crippen LogP contribution in [0.3, 0.4) is 0 Å². The number of anilines is 1. The first-order valence-corrected chi connectivity index (χ1v) is 10.7. The van der Waals surface area contributed by atoms with Gasteiger partial charge in [0.15, 0.2) is 5.65 Å². The van der Waals surface area contributed by atoms with Crippen LogP contribution in [0.2, 0.25) is 0 Å². The number of carbonyl (C=O) groups excluding carboxylic acids is 1. The first kappa shape index (κ1) is 22.3. The highest BCUT2D eigenvalue weighted by Gasteiger charge is 2.22. The molecule has 0 aliphatic carbocycles. The average molecular weight is 480 g/mol. The van der Waals surface area contributed by atoms with Gasteiger partial charge in [0, 0.05) is 30.1 Å². The molecule has 1 N–H and O–H groups in total. The van der Waals surface area contributed by atoms with Crippen molar-refractivity contribution in [1.29, 1.82) is 0 Å². The number of hydrogen-bond acceptors (Lipinski definition) is 5. The fourth-order valence-corrected chi connectivity index (χ4v) is 3.63. The van der Waals surface area contributed by atoms with Crippen molar-refractivity contribution < 1.29 is 18.0 Å². The van der Waals surface area contributed by atoms with Gasteiger partial charge in [-0.05, 0) is 37.3 Å². The van der Waals surface area contributed by atoms with Gasteiger partial charge in [0.2, 0.25) is 0 Å². The Morgan fingerprint density at radius 2 is 1.80 bits per heavy atom. The molecule has 0 aliphatic heterocycles. The van der Waals surface area contributed by atoms with Crippen LogP contribution in [0.4, 0.5) is 18.9 Å². The van der Waals surface area contributed by atoms with Gasteiger partial charge in [-0.2, -0.15) is 15.3 Å². The lowest BCUT2D eigenvalue weighted by Crippen LogP contribution is -2.12. The second-order valence-electron chi connectivity index (χ2n) is 7.75. The Hall–Kier alpha value is -4.48. The molecule has 4 aromatic heterocycles.